The molecule has 0 spiro atoms. The topological polar surface area (TPSA) is 93.1 Å². The highest BCUT2D eigenvalue weighted by Crippen LogP contribution is 2.29. The van der Waals surface area contributed by atoms with Gasteiger partial charge in [0, 0.05) is 18.6 Å². The second kappa shape index (κ2) is 18.9. The van der Waals surface area contributed by atoms with E-state index in [1.807, 2.05) is 0 Å². The summed E-state index contributed by atoms with van der Waals surface area (Å²) in [5.74, 6) is -2.03. The molecular weight excluding hydrogens is 372 g/mol. The number of carboxylic acid groups (broad SMARTS) is 2. The minimum absolute atomic E-state index is 0.108. The molecule has 0 unspecified atom stereocenters. The van der Waals surface area contributed by atoms with Gasteiger partial charge in [0.25, 0.3) is 0 Å². The first-order chi connectivity index (χ1) is 14.0. The van der Waals surface area contributed by atoms with Crippen molar-refractivity contribution in [3.05, 3.63) is 0 Å². The standard InChI is InChI=1S/C23H44O6/c1-3-5-7-9-11-13-15-28-19-23(17-21(24)25,18-22(26)27)20-29-16-14-12-10-8-6-4-2/h3-20H2,1-2H3,(H,24,25)(H,26,27). The molecule has 0 atom stereocenters. The summed E-state index contributed by atoms with van der Waals surface area (Å²) in [4.78, 5) is 22.7. The van der Waals surface area contributed by atoms with Crippen LogP contribution in [0.4, 0.5) is 0 Å². The van der Waals surface area contributed by atoms with E-state index in [1.165, 1.54) is 51.4 Å². The molecule has 0 rings (SSSR count). The number of carboxylic acids is 2. The van der Waals surface area contributed by atoms with E-state index in [4.69, 9.17) is 9.47 Å². The van der Waals surface area contributed by atoms with Gasteiger partial charge < -0.3 is 19.7 Å². The summed E-state index contributed by atoms with van der Waals surface area (Å²) in [6.45, 7) is 5.65. The van der Waals surface area contributed by atoms with E-state index in [0.29, 0.717) is 13.2 Å². The maximum absolute atomic E-state index is 11.4. The molecule has 6 nitrogen and oxygen atoms in total. The molecule has 0 aromatic heterocycles. The molecule has 0 aliphatic rings. The van der Waals surface area contributed by atoms with Gasteiger partial charge in [0.15, 0.2) is 0 Å². The normalized spacial score (nSPS) is 11.7. The van der Waals surface area contributed by atoms with Gasteiger partial charge in [-0.05, 0) is 12.8 Å². The third kappa shape index (κ3) is 17.4. The summed E-state index contributed by atoms with van der Waals surface area (Å²) in [6.07, 6.45) is 13.2. The first-order valence-electron chi connectivity index (χ1n) is 11.5. The minimum atomic E-state index is -1.02. The SMILES string of the molecule is CCCCCCCCOCC(COCCCCCCCC)(CC(=O)O)CC(=O)O. The summed E-state index contributed by atoms with van der Waals surface area (Å²) in [6, 6.07) is 0. The van der Waals surface area contributed by atoms with Gasteiger partial charge in [0.05, 0.1) is 26.1 Å². The molecule has 0 heterocycles. The Hall–Kier alpha value is -1.14. The number of rotatable bonds is 22. The lowest BCUT2D eigenvalue weighted by molar-refractivity contribution is -0.149. The summed E-state index contributed by atoms with van der Waals surface area (Å²) in [7, 11) is 0. The van der Waals surface area contributed by atoms with Gasteiger partial charge in [0.2, 0.25) is 0 Å². The van der Waals surface area contributed by atoms with Crippen molar-refractivity contribution >= 4 is 11.9 Å². The van der Waals surface area contributed by atoms with E-state index in [0.717, 1.165) is 25.7 Å². The molecule has 6 heteroatoms. The largest absolute Gasteiger partial charge is 0.481 e. The van der Waals surface area contributed by atoms with Gasteiger partial charge in [0.1, 0.15) is 0 Å². The Morgan fingerprint density at radius 3 is 1.31 bits per heavy atom. The molecule has 0 fully saturated rings. The second-order valence-electron chi connectivity index (χ2n) is 8.28. The van der Waals surface area contributed by atoms with E-state index in [-0.39, 0.29) is 26.1 Å². The van der Waals surface area contributed by atoms with Crippen molar-refractivity contribution in [2.24, 2.45) is 5.41 Å². The monoisotopic (exact) mass is 416 g/mol. The van der Waals surface area contributed by atoms with Crippen molar-refractivity contribution in [2.45, 2.75) is 104 Å². The Morgan fingerprint density at radius 1 is 0.621 bits per heavy atom. The van der Waals surface area contributed by atoms with Crippen LogP contribution in [0.5, 0.6) is 0 Å². The third-order valence-corrected chi connectivity index (χ3v) is 5.15. The maximum atomic E-state index is 11.4. The van der Waals surface area contributed by atoms with E-state index < -0.39 is 17.4 Å². The minimum Gasteiger partial charge on any atom is -0.481 e. The lowest BCUT2D eigenvalue weighted by Crippen LogP contribution is -2.37. The lowest BCUT2D eigenvalue weighted by atomic mass is 9.82. The Labute approximate surface area is 177 Å². The Morgan fingerprint density at radius 2 is 0.966 bits per heavy atom. The van der Waals surface area contributed by atoms with Crippen molar-refractivity contribution in [1.82, 2.24) is 0 Å². The number of hydrogen-bond donors (Lipinski definition) is 2. The van der Waals surface area contributed by atoms with Crippen molar-refractivity contribution in [3.63, 3.8) is 0 Å². The zero-order valence-corrected chi connectivity index (χ0v) is 18.8. The van der Waals surface area contributed by atoms with Crippen LogP contribution >= 0.6 is 0 Å². The molecule has 0 aromatic carbocycles. The van der Waals surface area contributed by atoms with Gasteiger partial charge in [-0.2, -0.15) is 0 Å². The molecule has 0 aromatic rings. The third-order valence-electron chi connectivity index (χ3n) is 5.15. The number of aliphatic carboxylic acids is 2. The van der Waals surface area contributed by atoms with Crippen LogP contribution in [0.2, 0.25) is 0 Å². The molecule has 2 N–H and O–H groups in total. The van der Waals surface area contributed by atoms with E-state index in [1.54, 1.807) is 0 Å². The molecule has 0 aliphatic carbocycles. The number of unbranched alkanes of at least 4 members (excludes halogenated alkanes) is 10. The van der Waals surface area contributed by atoms with Crippen molar-refractivity contribution in [1.29, 1.82) is 0 Å². The maximum Gasteiger partial charge on any atom is 0.304 e. The summed E-state index contributed by atoms with van der Waals surface area (Å²) < 4.78 is 11.4. The van der Waals surface area contributed by atoms with E-state index in [9.17, 15) is 19.8 Å². The number of ether oxygens (including phenoxy) is 2. The summed E-state index contributed by atoms with van der Waals surface area (Å²) in [5.41, 5.74) is -1.01. The van der Waals surface area contributed by atoms with Gasteiger partial charge in [-0.25, -0.2) is 0 Å². The lowest BCUT2D eigenvalue weighted by Gasteiger charge is -2.30. The van der Waals surface area contributed by atoms with Crippen molar-refractivity contribution < 1.29 is 29.3 Å². The molecule has 29 heavy (non-hydrogen) atoms. The average Bonchev–Trinajstić information content (AvgIpc) is 2.65. The fraction of sp³-hybridized carbons (Fsp3) is 0.913. The zero-order chi connectivity index (χ0) is 21.8. The summed E-state index contributed by atoms with van der Waals surface area (Å²) in [5, 5.41) is 18.6. The van der Waals surface area contributed by atoms with Crippen LogP contribution in [0, 0.1) is 5.41 Å². The van der Waals surface area contributed by atoms with Crippen LogP contribution in [0.1, 0.15) is 104 Å². The Bertz CT molecular complexity index is 372. The molecule has 0 bridgehead atoms. The Kier molecular flexibility index (Phi) is 18.1. The zero-order valence-electron chi connectivity index (χ0n) is 18.8. The number of carbonyl (C=O) groups is 2. The molecule has 0 radical (unpaired) electrons. The smallest absolute Gasteiger partial charge is 0.304 e. The average molecular weight is 417 g/mol. The highest BCUT2D eigenvalue weighted by atomic mass is 16.5. The van der Waals surface area contributed by atoms with Crippen molar-refractivity contribution in [3.8, 4) is 0 Å². The quantitative estimate of drug-likeness (QED) is 0.221. The molecule has 0 aliphatic heterocycles. The van der Waals surface area contributed by atoms with Crippen LogP contribution < -0.4 is 0 Å². The van der Waals surface area contributed by atoms with Crippen LogP contribution in [0.15, 0.2) is 0 Å². The Balaban J connectivity index is 4.37. The second-order valence-corrected chi connectivity index (χ2v) is 8.28. The van der Waals surface area contributed by atoms with E-state index >= 15 is 0 Å². The van der Waals surface area contributed by atoms with Gasteiger partial charge in [-0.1, -0.05) is 78.1 Å². The predicted molar refractivity (Wildman–Crippen MR) is 115 cm³/mol. The van der Waals surface area contributed by atoms with Gasteiger partial charge in [-0.15, -0.1) is 0 Å². The van der Waals surface area contributed by atoms with Gasteiger partial charge >= 0.3 is 11.9 Å². The first-order valence-corrected chi connectivity index (χ1v) is 11.5. The predicted octanol–water partition coefficient (Wildman–Crippen LogP) is 5.68. The molecule has 172 valence electrons. The van der Waals surface area contributed by atoms with Crippen LogP contribution in [-0.4, -0.2) is 48.6 Å². The molecular formula is C23H44O6. The highest BCUT2D eigenvalue weighted by molar-refractivity contribution is 5.72. The highest BCUT2D eigenvalue weighted by Gasteiger charge is 2.36. The molecule has 0 saturated heterocycles. The molecule has 0 saturated carbocycles. The fourth-order valence-electron chi connectivity index (χ4n) is 3.50. The fourth-order valence-corrected chi connectivity index (χ4v) is 3.50. The first kappa shape index (κ1) is 27.9. The van der Waals surface area contributed by atoms with E-state index in [2.05, 4.69) is 13.8 Å². The van der Waals surface area contributed by atoms with Gasteiger partial charge in [-0.3, -0.25) is 9.59 Å². The van der Waals surface area contributed by atoms with Crippen LogP contribution in [0.25, 0.3) is 0 Å². The summed E-state index contributed by atoms with van der Waals surface area (Å²) >= 11 is 0. The number of hydrogen-bond acceptors (Lipinski definition) is 4. The van der Waals surface area contributed by atoms with Crippen molar-refractivity contribution in [2.75, 3.05) is 26.4 Å². The van der Waals surface area contributed by atoms with Crippen LogP contribution in [-0.2, 0) is 19.1 Å². The molecule has 0 amide bonds. The van der Waals surface area contributed by atoms with Crippen LogP contribution in [0.3, 0.4) is 0 Å².